The van der Waals surface area contributed by atoms with Gasteiger partial charge >= 0.3 is 30.0 Å². The molecule has 0 bridgehead atoms. The minimum Gasteiger partial charge on any atom is -0.481 e. The summed E-state index contributed by atoms with van der Waals surface area (Å²) in [5.74, 6) is -14.0. The summed E-state index contributed by atoms with van der Waals surface area (Å²) in [6.07, 6.45) is -12.2. The van der Waals surface area contributed by atoms with E-state index in [-0.39, 0.29) is 0 Å². The van der Waals surface area contributed by atoms with Gasteiger partial charge in [0.05, 0.1) is 19.4 Å². The Labute approximate surface area is 147 Å². The van der Waals surface area contributed by atoms with Crippen LogP contribution in [0, 0.1) is 5.92 Å². The number of hydrogen-bond donors (Lipinski definition) is 2. The second-order valence-electron chi connectivity index (χ2n) is 4.93. The lowest BCUT2D eigenvalue weighted by Gasteiger charge is -2.24. The van der Waals surface area contributed by atoms with Gasteiger partial charge in [-0.05, 0) is 0 Å². The average Bonchev–Trinajstić information content (AvgIpc) is 2.49. The summed E-state index contributed by atoms with van der Waals surface area (Å²) >= 11 is 0. The van der Waals surface area contributed by atoms with Crippen molar-refractivity contribution in [3.63, 3.8) is 0 Å². The summed E-state index contributed by atoms with van der Waals surface area (Å²) in [7, 11) is -4.97. The number of ether oxygens (including phenoxy) is 2. The maximum Gasteiger partial charge on any atom is 0.425 e. The summed E-state index contributed by atoms with van der Waals surface area (Å²) in [4.78, 5) is 33.7. The van der Waals surface area contributed by atoms with E-state index in [9.17, 15) is 49.1 Å². The number of rotatable bonds is 9. The molecule has 0 rings (SSSR count). The van der Waals surface area contributed by atoms with Crippen molar-refractivity contribution in [2.24, 2.45) is 5.92 Å². The number of carbonyl (C=O) groups is 3. The molecule has 0 aromatic heterocycles. The lowest BCUT2D eigenvalue weighted by molar-refractivity contribution is -0.254. The Kier molecular flexibility index (Phi) is 8.05. The number of esters is 2. The van der Waals surface area contributed by atoms with Gasteiger partial charge < -0.3 is 14.6 Å². The van der Waals surface area contributed by atoms with Crippen molar-refractivity contribution in [3.05, 3.63) is 0 Å². The molecular formula is C11H12F6O9S. The van der Waals surface area contributed by atoms with Crippen LogP contribution in [-0.4, -0.2) is 73.2 Å². The van der Waals surface area contributed by atoms with Crippen molar-refractivity contribution in [2.75, 3.05) is 13.7 Å². The zero-order valence-electron chi connectivity index (χ0n) is 13.1. The van der Waals surface area contributed by atoms with Gasteiger partial charge in [0, 0.05) is 0 Å². The Morgan fingerprint density at radius 2 is 1.59 bits per heavy atom. The summed E-state index contributed by atoms with van der Waals surface area (Å²) in [5, 5.41) is 5.70. The highest BCUT2D eigenvalue weighted by molar-refractivity contribution is 7.87. The quantitative estimate of drug-likeness (QED) is 0.303. The van der Waals surface area contributed by atoms with Crippen LogP contribution in [0.4, 0.5) is 26.3 Å². The summed E-state index contributed by atoms with van der Waals surface area (Å²) in [5.41, 5.74) is 0. The highest BCUT2D eigenvalue weighted by Gasteiger charge is 2.58. The number of aliphatic carboxylic acids is 1. The third-order valence-electron chi connectivity index (χ3n) is 2.92. The van der Waals surface area contributed by atoms with Crippen LogP contribution in [0.3, 0.4) is 0 Å². The van der Waals surface area contributed by atoms with Gasteiger partial charge in [0.15, 0.2) is 11.9 Å². The van der Waals surface area contributed by atoms with Crippen LogP contribution in [0.2, 0.25) is 0 Å². The Bertz CT molecular complexity index is 674. The van der Waals surface area contributed by atoms with Gasteiger partial charge in [-0.3, -0.25) is 18.9 Å². The molecule has 0 aliphatic carbocycles. The lowest BCUT2D eigenvalue weighted by Crippen LogP contribution is -2.48. The first-order valence-corrected chi connectivity index (χ1v) is 7.96. The fraction of sp³-hybridized carbons (Fsp3) is 0.727. The molecule has 3 unspecified atom stereocenters. The monoisotopic (exact) mass is 434 g/mol. The molecule has 0 spiro atoms. The smallest absolute Gasteiger partial charge is 0.425 e. The Morgan fingerprint density at radius 3 is 1.93 bits per heavy atom. The highest BCUT2D eigenvalue weighted by atomic mass is 32.2. The van der Waals surface area contributed by atoms with E-state index in [1.165, 1.54) is 0 Å². The number of carbonyl (C=O) groups excluding carboxylic acids is 2. The standard InChI is InChI=1S/C11H12F6O9S/c1-25-5(18)2-4(7(19)20)6(27(22,23)24)8(21)26-3-10(13,14)9(12)11(15,16)17/h4,6,9H,2-3H2,1H3,(H,19,20)(H,22,23,24). The molecule has 27 heavy (non-hydrogen) atoms. The Morgan fingerprint density at radius 1 is 1.11 bits per heavy atom. The largest absolute Gasteiger partial charge is 0.481 e. The molecule has 158 valence electrons. The lowest BCUT2D eigenvalue weighted by atomic mass is 10.0. The third-order valence-corrected chi connectivity index (χ3v) is 4.08. The van der Waals surface area contributed by atoms with E-state index >= 15 is 0 Å². The van der Waals surface area contributed by atoms with Crippen LogP contribution in [0.1, 0.15) is 6.42 Å². The van der Waals surface area contributed by atoms with Gasteiger partial charge in [-0.15, -0.1) is 0 Å². The average molecular weight is 434 g/mol. The molecule has 0 aliphatic heterocycles. The van der Waals surface area contributed by atoms with Gasteiger partial charge in [-0.25, -0.2) is 4.39 Å². The van der Waals surface area contributed by atoms with Gasteiger partial charge in [0.25, 0.3) is 16.3 Å². The van der Waals surface area contributed by atoms with Crippen LogP contribution >= 0.6 is 0 Å². The SMILES string of the molecule is COC(=O)CC(C(=O)O)C(C(=O)OCC(F)(F)C(F)C(F)(F)F)S(=O)(=O)O. The Balaban J connectivity index is 5.59. The zero-order valence-corrected chi connectivity index (χ0v) is 13.9. The molecule has 0 aromatic rings. The van der Waals surface area contributed by atoms with Gasteiger partial charge in [0.1, 0.15) is 0 Å². The van der Waals surface area contributed by atoms with Crippen molar-refractivity contribution < 1.29 is 68.3 Å². The van der Waals surface area contributed by atoms with Crippen LogP contribution < -0.4 is 0 Å². The molecule has 9 nitrogen and oxygen atoms in total. The number of carboxylic acid groups (broad SMARTS) is 1. The molecule has 0 saturated heterocycles. The predicted molar refractivity (Wildman–Crippen MR) is 70.0 cm³/mol. The normalized spacial score (nSPS) is 16.1. The van der Waals surface area contributed by atoms with E-state index in [1.807, 2.05) is 0 Å². The van der Waals surface area contributed by atoms with E-state index in [1.54, 1.807) is 0 Å². The van der Waals surface area contributed by atoms with Gasteiger partial charge in [-0.1, -0.05) is 0 Å². The fourth-order valence-corrected chi connectivity index (χ4v) is 2.58. The van der Waals surface area contributed by atoms with Gasteiger partial charge in [-0.2, -0.15) is 30.4 Å². The van der Waals surface area contributed by atoms with Crippen molar-refractivity contribution in [2.45, 2.75) is 29.9 Å². The van der Waals surface area contributed by atoms with E-state index in [0.717, 1.165) is 7.11 Å². The Hall–Kier alpha value is -2.10. The maximum atomic E-state index is 13.1. The molecule has 2 N–H and O–H groups in total. The van der Waals surface area contributed by atoms with Crippen molar-refractivity contribution in [3.8, 4) is 0 Å². The molecular weight excluding hydrogens is 422 g/mol. The first-order chi connectivity index (χ1) is 11.9. The number of methoxy groups -OCH3 is 1. The van der Waals surface area contributed by atoms with E-state index in [0.29, 0.717) is 0 Å². The topological polar surface area (TPSA) is 144 Å². The van der Waals surface area contributed by atoms with Crippen LogP contribution in [0.25, 0.3) is 0 Å². The molecule has 0 fully saturated rings. The van der Waals surface area contributed by atoms with Crippen LogP contribution in [-0.2, 0) is 34.0 Å². The van der Waals surface area contributed by atoms with Crippen molar-refractivity contribution in [1.82, 2.24) is 0 Å². The molecule has 0 heterocycles. The molecule has 0 radical (unpaired) electrons. The highest BCUT2D eigenvalue weighted by Crippen LogP contribution is 2.35. The van der Waals surface area contributed by atoms with E-state index in [4.69, 9.17) is 9.66 Å². The number of alkyl halides is 6. The summed E-state index contributed by atoms with van der Waals surface area (Å²) in [6.45, 7) is -2.62. The fourth-order valence-electron chi connectivity index (χ4n) is 1.64. The molecule has 0 aliphatic rings. The number of hydrogen-bond acceptors (Lipinski definition) is 7. The molecule has 0 aromatic carbocycles. The molecule has 3 atom stereocenters. The summed E-state index contributed by atoms with van der Waals surface area (Å²) in [6, 6.07) is 0. The second-order valence-corrected chi connectivity index (χ2v) is 6.47. The minimum absolute atomic E-state index is 0.737. The number of halogens is 6. The number of carboxylic acids is 1. The summed E-state index contributed by atoms with van der Waals surface area (Å²) < 4.78 is 114. The molecule has 16 heteroatoms. The van der Waals surface area contributed by atoms with E-state index < -0.39 is 70.5 Å². The van der Waals surface area contributed by atoms with Gasteiger partial charge in [0.2, 0.25) is 0 Å². The second kappa shape index (κ2) is 8.73. The maximum absolute atomic E-state index is 13.1. The minimum atomic E-state index is -6.05. The van der Waals surface area contributed by atoms with Crippen LogP contribution in [0.5, 0.6) is 0 Å². The van der Waals surface area contributed by atoms with E-state index in [2.05, 4.69) is 9.47 Å². The van der Waals surface area contributed by atoms with Crippen LogP contribution in [0.15, 0.2) is 0 Å². The first-order valence-electron chi connectivity index (χ1n) is 6.46. The van der Waals surface area contributed by atoms with Crippen molar-refractivity contribution in [1.29, 1.82) is 0 Å². The third kappa shape index (κ3) is 7.20. The molecule has 0 amide bonds. The predicted octanol–water partition coefficient (Wildman–Crippen LogP) is 0.586. The zero-order chi connectivity index (χ0) is 21.8. The first kappa shape index (κ1) is 24.9. The molecule has 0 saturated carbocycles. The van der Waals surface area contributed by atoms with Crippen molar-refractivity contribution >= 4 is 28.0 Å².